The van der Waals surface area contributed by atoms with Crippen LogP contribution in [0.25, 0.3) is 82.8 Å². The van der Waals surface area contributed by atoms with E-state index in [1.54, 1.807) is 0 Å². The molecule has 0 N–H and O–H groups in total. The number of para-hydroxylation sites is 2. The van der Waals surface area contributed by atoms with Gasteiger partial charge < -0.3 is 9.47 Å². The molecule has 0 radical (unpaired) electrons. The van der Waals surface area contributed by atoms with Gasteiger partial charge in [0.2, 0.25) is 0 Å². The van der Waals surface area contributed by atoms with E-state index in [2.05, 4.69) is 252 Å². The molecule has 1 aromatic heterocycles. The van der Waals surface area contributed by atoms with Gasteiger partial charge in [-0.25, -0.2) is 0 Å². The summed E-state index contributed by atoms with van der Waals surface area (Å²) < 4.78 is 2.45. The number of anilines is 3. The number of nitrogens with zero attached hydrogens (tertiary/aromatic N) is 2. The zero-order valence-electron chi connectivity index (χ0n) is 33.0. The molecule has 0 spiro atoms. The van der Waals surface area contributed by atoms with Crippen LogP contribution in [0.1, 0.15) is 0 Å². The van der Waals surface area contributed by atoms with Gasteiger partial charge in [-0.1, -0.05) is 182 Å². The summed E-state index contributed by atoms with van der Waals surface area (Å²) in [4.78, 5) is 2.39. The Morgan fingerprint density at radius 2 is 0.767 bits per heavy atom. The van der Waals surface area contributed by atoms with Gasteiger partial charge in [-0.15, -0.1) is 0 Å². The van der Waals surface area contributed by atoms with Crippen LogP contribution in [0.2, 0.25) is 0 Å². The number of hydrogen-bond donors (Lipinski definition) is 0. The minimum Gasteiger partial charge on any atom is -0.310 e. The molecule has 2 nitrogen and oxygen atoms in total. The van der Waals surface area contributed by atoms with Crippen molar-refractivity contribution in [1.29, 1.82) is 0 Å². The molecule has 0 saturated heterocycles. The second-order valence-corrected chi connectivity index (χ2v) is 15.3. The van der Waals surface area contributed by atoms with Crippen LogP contribution in [0.15, 0.2) is 243 Å². The zero-order chi connectivity index (χ0) is 39.8. The van der Waals surface area contributed by atoms with E-state index in [1.165, 1.54) is 71.5 Å². The smallest absolute Gasteiger partial charge is 0.0547 e. The van der Waals surface area contributed by atoms with Crippen LogP contribution >= 0.6 is 0 Å². The second kappa shape index (κ2) is 15.1. The van der Waals surface area contributed by atoms with E-state index in [4.69, 9.17) is 0 Å². The van der Waals surface area contributed by atoms with Gasteiger partial charge in [0.25, 0.3) is 0 Å². The molecule has 0 aliphatic rings. The minimum absolute atomic E-state index is 1.08. The predicted octanol–water partition coefficient (Wildman–Crippen LogP) is 16.1. The summed E-state index contributed by atoms with van der Waals surface area (Å²) in [5, 5.41) is 5.07. The summed E-state index contributed by atoms with van der Waals surface area (Å²) in [5.74, 6) is 0. The van der Waals surface area contributed by atoms with Crippen molar-refractivity contribution in [2.45, 2.75) is 0 Å². The SMILES string of the molecule is c1ccc(-c2ccc(N(c3ccc(-c4ccccc4-n4c5ccccc5c5c6ccccc6ccc54)cc3)c3cc(-c4ccccc4)cc(-c4ccccc4)c3)cc2)cc1. The maximum atomic E-state index is 2.45. The van der Waals surface area contributed by atoms with Gasteiger partial charge in [-0.2, -0.15) is 0 Å². The van der Waals surface area contributed by atoms with Crippen molar-refractivity contribution >= 4 is 49.6 Å². The van der Waals surface area contributed by atoms with Gasteiger partial charge in [0.1, 0.15) is 0 Å². The monoisotopic (exact) mass is 764 g/mol. The summed E-state index contributed by atoms with van der Waals surface area (Å²) in [7, 11) is 0. The van der Waals surface area contributed by atoms with Crippen molar-refractivity contribution in [3.63, 3.8) is 0 Å². The summed E-state index contributed by atoms with van der Waals surface area (Å²) >= 11 is 0. The highest BCUT2D eigenvalue weighted by atomic mass is 15.1. The largest absolute Gasteiger partial charge is 0.310 e. The van der Waals surface area contributed by atoms with Gasteiger partial charge >= 0.3 is 0 Å². The van der Waals surface area contributed by atoms with E-state index in [1.807, 2.05) is 0 Å². The molecule has 0 fully saturated rings. The molecule has 2 heteroatoms. The van der Waals surface area contributed by atoms with E-state index in [0.717, 1.165) is 28.3 Å². The lowest BCUT2D eigenvalue weighted by Crippen LogP contribution is -2.10. The summed E-state index contributed by atoms with van der Waals surface area (Å²) in [5.41, 5.74) is 16.2. The topological polar surface area (TPSA) is 8.17 Å². The average Bonchev–Trinajstić information content (AvgIpc) is 3.68. The molecule has 0 aliphatic carbocycles. The average molecular weight is 765 g/mol. The Hall–Kier alpha value is -7.94. The van der Waals surface area contributed by atoms with E-state index in [0.29, 0.717) is 0 Å². The molecule has 0 saturated carbocycles. The van der Waals surface area contributed by atoms with Gasteiger partial charge in [-0.3, -0.25) is 0 Å². The summed E-state index contributed by atoms with van der Waals surface area (Å²) in [6.45, 7) is 0. The normalized spacial score (nSPS) is 11.3. The third-order valence-corrected chi connectivity index (χ3v) is 11.8. The van der Waals surface area contributed by atoms with Gasteiger partial charge in [0.05, 0.1) is 16.7 Å². The fourth-order valence-electron chi connectivity index (χ4n) is 8.92. The first-order valence-electron chi connectivity index (χ1n) is 20.6. The maximum Gasteiger partial charge on any atom is 0.0547 e. The van der Waals surface area contributed by atoms with Crippen molar-refractivity contribution in [2.24, 2.45) is 0 Å². The Morgan fingerprint density at radius 3 is 1.40 bits per heavy atom. The maximum absolute atomic E-state index is 2.45. The molecule has 1 heterocycles. The fourth-order valence-corrected chi connectivity index (χ4v) is 8.92. The van der Waals surface area contributed by atoms with Crippen LogP contribution < -0.4 is 4.90 Å². The summed E-state index contributed by atoms with van der Waals surface area (Å²) in [6, 6.07) is 87.9. The first-order valence-corrected chi connectivity index (χ1v) is 20.6. The molecular formula is C58H40N2. The molecule has 11 aromatic rings. The van der Waals surface area contributed by atoms with Crippen LogP contribution in [0.3, 0.4) is 0 Å². The first kappa shape index (κ1) is 35.2. The number of benzene rings is 10. The van der Waals surface area contributed by atoms with E-state index >= 15 is 0 Å². The Balaban J connectivity index is 1.07. The molecule has 0 unspecified atom stereocenters. The molecular weight excluding hydrogens is 725 g/mol. The molecule has 0 bridgehead atoms. The van der Waals surface area contributed by atoms with Crippen molar-refractivity contribution in [3.05, 3.63) is 243 Å². The minimum atomic E-state index is 1.08. The van der Waals surface area contributed by atoms with Gasteiger partial charge in [0, 0.05) is 33.4 Å². The van der Waals surface area contributed by atoms with E-state index in [-0.39, 0.29) is 0 Å². The quantitative estimate of drug-likeness (QED) is 0.150. The standard InChI is InChI=1S/C58H40N2/c1-4-16-41(17-5-1)44-28-33-49(34-29-44)59(51-39-47(42-18-6-2-7-19-42)38-48(40-51)43-20-8-3-9-21-43)50-35-30-46(31-36-50)52-23-12-14-26-55(52)60-56-27-15-13-25-54(56)58-53-24-11-10-22-45(53)32-37-57(58)60/h1-40H. The van der Waals surface area contributed by atoms with Crippen LogP contribution in [-0.2, 0) is 0 Å². The number of hydrogen-bond acceptors (Lipinski definition) is 1. The van der Waals surface area contributed by atoms with Gasteiger partial charge in [0.15, 0.2) is 0 Å². The molecule has 0 amide bonds. The van der Waals surface area contributed by atoms with Crippen molar-refractivity contribution < 1.29 is 0 Å². The Morgan fingerprint density at radius 1 is 0.283 bits per heavy atom. The van der Waals surface area contributed by atoms with Crippen LogP contribution in [0, 0.1) is 0 Å². The van der Waals surface area contributed by atoms with E-state index in [9.17, 15) is 0 Å². The third-order valence-electron chi connectivity index (χ3n) is 11.8. The molecule has 0 aliphatic heterocycles. The molecule has 60 heavy (non-hydrogen) atoms. The van der Waals surface area contributed by atoms with Crippen molar-refractivity contribution in [1.82, 2.24) is 4.57 Å². The molecule has 0 atom stereocenters. The molecule has 282 valence electrons. The fraction of sp³-hybridized carbons (Fsp3) is 0. The summed E-state index contributed by atoms with van der Waals surface area (Å²) in [6.07, 6.45) is 0. The highest BCUT2D eigenvalue weighted by Crippen LogP contribution is 2.43. The van der Waals surface area contributed by atoms with Gasteiger partial charge in [-0.05, 0) is 110 Å². The molecule has 11 rings (SSSR count). The number of aromatic nitrogens is 1. The zero-order valence-corrected chi connectivity index (χ0v) is 33.0. The Labute approximate surface area is 350 Å². The van der Waals surface area contributed by atoms with Crippen LogP contribution in [-0.4, -0.2) is 4.57 Å². The van der Waals surface area contributed by atoms with Crippen LogP contribution in [0.5, 0.6) is 0 Å². The van der Waals surface area contributed by atoms with Crippen molar-refractivity contribution in [2.75, 3.05) is 4.90 Å². The second-order valence-electron chi connectivity index (χ2n) is 15.3. The Kier molecular flexibility index (Phi) is 8.87. The highest BCUT2D eigenvalue weighted by molar-refractivity contribution is 6.21. The lowest BCUT2D eigenvalue weighted by atomic mass is 9.97. The number of fused-ring (bicyclic) bond motifs is 5. The first-order chi connectivity index (χ1) is 29.8. The van der Waals surface area contributed by atoms with E-state index < -0.39 is 0 Å². The highest BCUT2D eigenvalue weighted by Gasteiger charge is 2.19. The Bertz CT molecular complexity index is 3220. The van der Waals surface area contributed by atoms with Crippen LogP contribution in [0.4, 0.5) is 17.1 Å². The third kappa shape index (κ3) is 6.32. The predicted molar refractivity (Wildman–Crippen MR) is 255 cm³/mol. The lowest BCUT2D eigenvalue weighted by Gasteiger charge is -2.27. The lowest BCUT2D eigenvalue weighted by molar-refractivity contribution is 1.18. The molecule has 10 aromatic carbocycles. The number of rotatable bonds is 8. The van der Waals surface area contributed by atoms with Crippen molar-refractivity contribution in [3.8, 4) is 50.2 Å².